The average molecular weight is 409 g/mol. The summed E-state index contributed by atoms with van der Waals surface area (Å²) in [5.74, 6) is -0.991. The van der Waals surface area contributed by atoms with Gasteiger partial charge in [-0.3, -0.25) is 0 Å². The van der Waals surface area contributed by atoms with E-state index in [1.807, 2.05) is 46.5 Å². The van der Waals surface area contributed by atoms with Crippen molar-refractivity contribution in [2.45, 2.75) is 6.10 Å². The summed E-state index contributed by atoms with van der Waals surface area (Å²) >= 11 is 3.11. The van der Waals surface area contributed by atoms with Gasteiger partial charge in [-0.25, -0.2) is 9.78 Å². The fourth-order valence-corrected chi connectivity index (χ4v) is 4.17. The van der Waals surface area contributed by atoms with Crippen molar-refractivity contribution in [2.24, 2.45) is 0 Å². The van der Waals surface area contributed by atoms with E-state index < -0.39 is 12.1 Å². The number of aromatic nitrogens is 1. The first-order valence-corrected chi connectivity index (χ1v) is 10.3. The number of pyridine rings is 1. The van der Waals surface area contributed by atoms with Crippen molar-refractivity contribution in [3.63, 3.8) is 0 Å². The maximum atomic E-state index is 11.9. The summed E-state index contributed by atoms with van der Waals surface area (Å²) in [6, 6.07) is 16.5. The molecule has 3 N–H and O–H groups in total. The van der Waals surface area contributed by atoms with E-state index in [2.05, 4.69) is 4.98 Å². The summed E-state index contributed by atoms with van der Waals surface area (Å²) < 4.78 is 5.84. The van der Waals surface area contributed by atoms with Gasteiger partial charge in [-0.2, -0.15) is 11.3 Å². The molecule has 0 radical (unpaired) electrons. The van der Waals surface area contributed by atoms with Crippen LogP contribution in [-0.4, -0.2) is 16.1 Å². The number of carbonyl (C=O) groups is 1. The molecule has 0 bridgehead atoms. The number of nitrogens with zero attached hydrogens (tertiary/aromatic N) is 1. The number of aliphatic carboxylic acids is 1. The Labute approximate surface area is 169 Å². The second-order valence-electron chi connectivity index (χ2n) is 6.01. The summed E-state index contributed by atoms with van der Waals surface area (Å²) in [6.07, 6.45) is -1.20. The van der Waals surface area contributed by atoms with Crippen molar-refractivity contribution >= 4 is 34.3 Å². The Morgan fingerprint density at radius 2 is 1.93 bits per heavy atom. The topological polar surface area (TPSA) is 85.4 Å². The van der Waals surface area contributed by atoms with Crippen molar-refractivity contribution in [1.29, 1.82) is 0 Å². The second-order valence-corrected chi connectivity index (χ2v) is 7.74. The van der Waals surface area contributed by atoms with Crippen molar-refractivity contribution in [2.75, 3.05) is 5.73 Å². The number of carboxylic acid groups (broad SMARTS) is 1. The normalized spacial score (nSPS) is 11.9. The van der Waals surface area contributed by atoms with Crippen LogP contribution in [0.15, 0.2) is 70.7 Å². The molecule has 1 unspecified atom stereocenters. The third-order valence-electron chi connectivity index (χ3n) is 4.19. The molecule has 0 fully saturated rings. The number of rotatable bonds is 6. The third-order valence-corrected chi connectivity index (χ3v) is 5.76. The van der Waals surface area contributed by atoms with Crippen LogP contribution in [0.4, 0.5) is 5.69 Å². The first-order chi connectivity index (χ1) is 13.6. The number of hydrogen-bond acceptors (Lipinski definition) is 6. The smallest absolute Gasteiger partial charge is 0.349 e. The van der Waals surface area contributed by atoms with E-state index in [-0.39, 0.29) is 5.88 Å². The maximum absolute atomic E-state index is 11.9. The Kier molecular flexibility index (Phi) is 5.10. The highest BCUT2D eigenvalue weighted by molar-refractivity contribution is 7.13. The van der Waals surface area contributed by atoms with Crippen molar-refractivity contribution in [3.8, 4) is 27.6 Å². The van der Waals surface area contributed by atoms with Crippen molar-refractivity contribution in [1.82, 2.24) is 4.98 Å². The molecular weight excluding hydrogens is 392 g/mol. The van der Waals surface area contributed by atoms with Crippen LogP contribution in [0.3, 0.4) is 0 Å². The van der Waals surface area contributed by atoms with Crippen LogP contribution in [0.5, 0.6) is 5.88 Å². The summed E-state index contributed by atoms with van der Waals surface area (Å²) in [7, 11) is 0. The van der Waals surface area contributed by atoms with Gasteiger partial charge in [0.25, 0.3) is 0 Å². The maximum Gasteiger partial charge on any atom is 0.349 e. The molecule has 1 aromatic carbocycles. The highest BCUT2D eigenvalue weighted by atomic mass is 32.1. The molecule has 7 heteroatoms. The number of ether oxygens (including phenoxy) is 1. The van der Waals surface area contributed by atoms with Gasteiger partial charge in [0.15, 0.2) is 0 Å². The Bertz CT molecular complexity index is 1080. The van der Waals surface area contributed by atoms with Gasteiger partial charge in [0.05, 0.1) is 10.6 Å². The fourth-order valence-electron chi connectivity index (χ4n) is 2.83. The van der Waals surface area contributed by atoms with E-state index in [4.69, 9.17) is 10.5 Å². The van der Waals surface area contributed by atoms with Gasteiger partial charge in [0.2, 0.25) is 12.0 Å². The minimum absolute atomic E-state index is 0.114. The molecule has 4 rings (SSSR count). The number of nitrogens with two attached hydrogens (primary N) is 1. The van der Waals surface area contributed by atoms with Crippen LogP contribution in [0.25, 0.3) is 21.7 Å². The molecule has 140 valence electrons. The molecule has 3 heterocycles. The van der Waals surface area contributed by atoms with Crippen LogP contribution in [-0.2, 0) is 4.79 Å². The summed E-state index contributed by atoms with van der Waals surface area (Å²) in [4.78, 5) is 17.3. The SMILES string of the molecule is Nc1c(-c2ccsc2)cc(-c2cccs2)nc1OC(C(=O)O)c1ccccc1. The highest BCUT2D eigenvalue weighted by Gasteiger charge is 2.25. The Morgan fingerprint density at radius 3 is 2.57 bits per heavy atom. The molecule has 28 heavy (non-hydrogen) atoms. The highest BCUT2D eigenvalue weighted by Crippen LogP contribution is 2.39. The molecule has 0 spiro atoms. The van der Waals surface area contributed by atoms with E-state index in [1.54, 1.807) is 46.9 Å². The average Bonchev–Trinajstić information content (AvgIpc) is 3.41. The molecular formula is C21H16N2O3S2. The Balaban J connectivity index is 1.82. The molecule has 1 atom stereocenters. The van der Waals surface area contributed by atoms with Crippen molar-refractivity contribution in [3.05, 3.63) is 76.3 Å². The number of anilines is 1. The van der Waals surface area contributed by atoms with Gasteiger partial charge in [0.1, 0.15) is 5.69 Å². The zero-order valence-electron chi connectivity index (χ0n) is 14.6. The first kappa shape index (κ1) is 18.2. The lowest BCUT2D eigenvalue weighted by Gasteiger charge is -2.18. The minimum atomic E-state index is -1.20. The first-order valence-electron chi connectivity index (χ1n) is 8.45. The third kappa shape index (κ3) is 3.62. The largest absolute Gasteiger partial charge is 0.478 e. The van der Waals surface area contributed by atoms with Crippen LogP contribution >= 0.6 is 22.7 Å². The number of benzene rings is 1. The molecule has 0 saturated carbocycles. The predicted octanol–water partition coefficient (Wildman–Crippen LogP) is 5.33. The van der Waals surface area contributed by atoms with Crippen molar-refractivity contribution < 1.29 is 14.6 Å². The molecule has 4 aromatic rings. The molecule has 0 saturated heterocycles. The number of thiophene rings is 2. The standard InChI is InChI=1S/C21H16N2O3S2/c22-18-15(14-8-10-27-12-14)11-16(17-7-4-9-28-17)23-20(18)26-19(21(24)25)13-5-2-1-3-6-13/h1-12,19H,22H2,(H,24,25). The van der Waals surface area contributed by atoms with E-state index >= 15 is 0 Å². The summed E-state index contributed by atoms with van der Waals surface area (Å²) in [5, 5.41) is 15.6. The minimum Gasteiger partial charge on any atom is -0.478 e. The summed E-state index contributed by atoms with van der Waals surface area (Å²) in [5.41, 5.74) is 9.60. The van der Waals surface area contributed by atoms with Gasteiger partial charge >= 0.3 is 5.97 Å². The Hall–Kier alpha value is -3.16. The molecule has 0 amide bonds. The monoisotopic (exact) mass is 408 g/mol. The van der Waals surface area contributed by atoms with Gasteiger partial charge in [0, 0.05) is 11.1 Å². The Morgan fingerprint density at radius 1 is 1.11 bits per heavy atom. The van der Waals surface area contributed by atoms with Gasteiger partial charge < -0.3 is 15.6 Å². The molecule has 0 aliphatic carbocycles. The van der Waals surface area contributed by atoms with Gasteiger partial charge in [-0.15, -0.1) is 11.3 Å². The zero-order chi connectivity index (χ0) is 19.5. The van der Waals surface area contributed by atoms with E-state index in [0.29, 0.717) is 16.9 Å². The van der Waals surface area contributed by atoms with Crippen LogP contribution in [0, 0.1) is 0 Å². The van der Waals surface area contributed by atoms with Gasteiger partial charge in [-0.05, 0) is 39.9 Å². The molecule has 3 aromatic heterocycles. The number of hydrogen-bond donors (Lipinski definition) is 2. The van der Waals surface area contributed by atoms with E-state index in [9.17, 15) is 9.90 Å². The lowest BCUT2D eigenvalue weighted by molar-refractivity contribution is -0.145. The molecule has 0 aliphatic rings. The van der Waals surface area contributed by atoms with E-state index in [0.717, 1.165) is 16.0 Å². The van der Waals surface area contributed by atoms with Crippen LogP contribution in [0.1, 0.15) is 11.7 Å². The molecule has 0 aliphatic heterocycles. The van der Waals surface area contributed by atoms with Gasteiger partial charge in [-0.1, -0.05) is 36.4 Å². The predicted molar refractivity (Wildman–Crippen MR) is 113 cm³/mol. The fraction of sp³-hybridized carbons (Fsp3) is 0.0476. The lowest BCUT2D eigenvalue weighted by Crippen LogP contribution is -2.19. The zero-order valence-corrected chi connectivity index (χ0v) is 16.2. The number of carboxylic acids is 1. The lowest BCUT2D eigenvalue weighted by atomic mass is 10.1. The second kappa shape index (κ2) is 7.84. The van der Waals surface area contributed by atoms with Crippen LogP contribution < -0.4 is 10.5 Å². The number of nitrogen functional groups attached to an aromatic ring is 1. The van der Waals surface area contributed by atoms with Crippen LogP contribution in [0.2, 0.25) is 0 Å². The molecule has 5 nitrogen and oxygen atoms in total. The quantitative estimate of drug-likeness (QED) is 0.451. The van der Waals surface area contributed by atoms with E-state index in [1.165, 1.54) is 0 Å². The summed E-state index contributed by atoms with van der Waals surface area (Å²) in [6.45, 7) is 0.